The molecule has 0 atom stereocenters. The Bertz CT molecular complexity index is 850. The Kier molecular flexibility index (Phi) is 7.53. The van der Waals surface area contributed by atoms with Crippen LogP contribution in [-0.2, 0) is 21.4 Å². The van der Waals surface area contributed by atoms with Crippen molar-refractivity contribution >= 4 is 17.8 Å². The van der Waals surface area contributed by atoms with E-state index in [-0.39, 0.29) is 29.7 Å². The van der Waals surface area contributed by atoms with Crippen LogP contribution in [0, 0.1) is 0 Å². The zero-order valence-electron chi connectivity index (χ0n) is 17.4. The number of hydrogen-bond donors (Lipinski definition) is 2. The second-order valence-corrected chi connectivity index (χ2v) is 7.80. The first-order chi connectivity index (χ1) is 13.7. The van der Waals surface area contributed by atoms with E-state index in [0.717, 1.165) is 11.1 Å². The van der Waals surface area contributed by atoms with Gasteiger partial charge in [-0.3, -0.25) is 9.59 Å². The highest BCUT2D eigenvalue weighted by atomic mass is 16.5. The molecule has 0 spiro atoms. The smallest absolute Gasteiger partial charge is 0.337 e. The molecule has 0 aliphatic heterocycles. The third kappa shape index (κ3) is 6.75. The number of nitrogens with one attached hydrogen (secondary N) is 2. The molecule has 2 aromatic rings. The molecule has 2 amide bonds. The average Bonchev–Trinajstić information content (AvgIpc) is 2.71. The van der Waals surface area contributed by atoms with Crippen molar-refractivity contribution in [3.8, 4) is 0 Å². The maximum atomic E-state index is 12.2. The molecule has 0 radical (unpaired) electrons. The van der Waals surface area contributed by atoms with E-state index in [0.29, 0.717) is 24.1 Å². The van der Waals surface area contributed by atoms with E-state index in [2.05, 4.69) is 36.1 Å². The zero-order chi connectivity index (χ0) is 21.4. The van der Waals surface area contributed by atoms with Crippen molar-refractivity contribution in [2.45, 2.75) is 32.6 Å². The summed E-state index contributed by atoms with van der Waals surface area (Å²) < 4.78 is 4.66. The Hall–Kier alpha value is -3.15. The molecule has 6 heteroatoms. The summed E-state index contributed by atoms with van der Waals surface area (Å²) >= 11 is 0. The van der Waals surface area contributed by atoms with Crippen LogP contribution in [0.15, 0.2) is 48.5 Å². The number of benzene rings is 2. The minimum Gasteiger partial charge on any atom is -0.465 e. The summed E-state index contributed by atoms with van der Waals surface area (Å²) in [6.07, 6.45) is 0.620. The lowest BCUT2D eigenvalue weighted by Gasteiger charge is -2.19. The Morgan fingerprint density at radius 1 is 0.862 bits per heavy atom. The summed E-state index contributed by atoms with van der Waals surface area (Å²) in [6, 6.07) is 14.4. The summed E-state index contributed by atoms with van der Waals surface area (Å²) in [7, 11) is 1.34. The standard InChI is InChI=1S/C23H28N2O4/c1-23(2,3)19-11-9-17(10-12-19)21(27)25-15-20(26)24-14-13-16-5-7-18(8-6-16)22(28)29-4/h5-12H,13-15H2,1-4H3,(H,24,26)(H,25,27). The third-order valence-corrected chi connectivity index (χ3v) is 4.53. The Balaban J connectivity index is 1.74. The second kappa shape index (κ2) is 9.87. The Labute approximate surface area is 171 Å². The monoisotopic (exact) mass is 396 g/mol. The van der Waals surface area contributed by atoms with Crippen molar-refractivity contribution in [1.29, 1.82) is 0 Å². The molecule has 2 N–H and O–H groups in total. The summed E-state index contributed by atoms with van der Waals surface area (Å²) in [6.45, 7) is 6.69. The summed E-state index contributed by atoms with van der Waals surface area (Å²) in [5.74, 6) is -0.913. The summed E-state index contributed by atoms with van der Waals surface area (Å²) in [5.41, 5.74) is 3.16. The van der Waals surface area contributed by atoms with E-state index in [1.165, 1.54) is 7.11 Å². The molecule has 0 aliphatic rings. The highest BCUT2D eigenvalue weighted by Crippen LogP contribution is 2.22. The Morgan fingerprint density at radius 2 is 1.45 bits per heavy atom. The van der Waals surface area contributed by atoms with Gasteiger partial charge in [0.15, 0.2) is 0 Å². The minimum atomic E-state index is -0.381. The third-order valence-electron chi connectivity index (χ3n) is 4.53. The molecule has 0 saturated carbocycles. The molecule has 2 aromatic carbocycles. The predicted molar refractivity (Wildman–Crippen MR) is 112 cm³/mol. The van der Waals surface area contributed by atoms with Crippen molar-refractivity contribution in [3.05, 3.63) is 70.8 Å². The topological polar surface area (TPSA) is 84.5 Å². The fourth-order valence-electron chi connectivity index (χ4n) is 2.72. The van der Waals surface area contributed by atoms with Crippen LogP contribution in [0.2, 0.25) is 0 Å². The van der Waals surface area contributed by atoms with Gasteiger partial charge in [0.05, 0.1) is 19.2 Å². The van der Waals surface area contributed by atoms with Crippen LogP contribution >= 0.6 is 0 Å². The van der Waals surface area contributed by atoms with Gasteiger partial charge in [-0.15, -0.1) is 0 Å². The van der Waals surface area contributed by atoms with Gasteiger partial charge in [-0.25, -0.2) is 4.79 Å². The maximum absolute atomic E-state index is 12.2. The summed E-state index contributed by atoms with van der Waals surface area (Å²) in [5, 5.41) is 5.40. The molecule has 0 unspecified atom stereocenters. The van der Waals surface area contributed by atoms with E-state index < -0.39 is 0 Å². The van der Waals surface area contributed by atoms with E-state index >= 15 is 0 Å². The molecule has 0 aromatic heterocycles. The molecule has 0 fully saturated rings. The minimum absolute atomic E-state index is 0.0223. The van der Waals surface area contributed by atoms with Crippen molar-refractivity contribution in [1.82, 2.24) is 10.6 Å². The van der Waals surface area contributed by atoms with Gasteiger partial charge in [-0.1, -0.05) is 45.0 Å². The number of methoxy groups -OCH3 is 1. The first kappa shape index (κ1) is 22.1. The maximum Gasteiger partial charge on any atom is 0.337 e. The number of hydrogen-bond acceptors (Lipinski definition) is 4. The number of amides is 2. The molecular formula is C23H28N2O4. The van der Waals surface area contributed by atoms with Crippen molar-refractivity contribution in [3.63, 3.8) is 0 Å². The van der Waals surface area contributed by atoms with Gasteiger partial charge in [0.1, 0.15) is 0 Å². The molecule has 0 saturated heterocycles. The van der Waals surface area contributed by atoms with Crippen molar-refractivity contribution in [2.24, 2.45) is 0 Å². The van der Waals surface area contributed by atoms with Gasteiger partial charge in [-0.05, 0) is 47.2 Å². The fraction of sp³-hybridized carbons (Fsp3) is 0.348. The van der Waals surface area contributed by atoms with Crippen LogP contribution in [0.3, 0.4) is 0 Å². The van der Waals surface area contributed by atoms with Crippen LogP contribution in [0.1, 0.15) is 52.6 Å². The van der Waals surface area contributed by atoms with Crippen LogP contribution in [-0.4, -0.2) is 38.0 Å². The molecule has 0 bridgehead atoms. The number of carbonyl (C=O) groups is 3. The lowest BCUT2D eigenvalue weighted by molar-refractivity contribution is -0.120. The molecule has 0 aliphatic carbocycles. The van der Waals surface area contributed by atoms with E-state index in [9.17, 15) is 14.4 Å². The normalized spacial score (nSPS) is 10.9. The largest absolute Gasteiger partial charge is 0.465 e. The van der Waals surface area contributed by atoms with Gasteiger partial charge in [0, 0.05) is 12.1 Å². The number of rotatable bonds is 7. The number of esters is 1. The highest BCUT2D eigenvalue weighted by molar-refractivity contribution is 5.96. The molecule has 0 heterocycles. The molecule has 2 rings (SSSR count). The average molecular weight is 396 g/mol. The van der Waals surface area contributed by atoms with E-state index in [1.54, 1.807) is 24.3 Å². The van der Waals surface area contributed by atoms with Gasteiger partial charge in [0.2, 0.25) is 5.91 Å². The molecule has 6 nitrogen and oxygen atoms in total. The van der Waals surface area contributed by atoms with Gasteiger partial charge < -0.3 is 15.4 Å². The quantitative estimate of drug-likeness (QED) is 0.705. The number of ether oxygens (including phenoxy) is 1. The highest BCUT2D eigenvalue weighted by Gasteiger charge is 2.14. The molecular weight excluding hydrogens is 368 g/mol. The lowest BCUT2D eigenvalue weighted by Crippen LogP contribution is -2.37. The second-order valence-electron chi connectivity index (χ2n) is 7.80. The predicted octanol–water partition coefficient (Wildman–Crippen LogP) is 2.86. The van der Waals surface area contributed by atoms with Crippen LogP contribution in [0.5, 0.6) is 0 Å². The first-order valence-electron chi connectivity index (χ1n) is 9.53. The van der Waals surface area contributed by atoms with Crippen LogP contribution < -0.4 is 10.6 Å². The summed E-state index contributed by atoms with van der Waals surface area (Å²) in [4.78, 5) is 35.5. The van der Waals surface area contributed by atoms with E-state index in [4.69, 9.17) is 0 Å². The lowest BCUT2D eigenvalue weighted by atomic mass is 9.87. The van der Waals surface area contributed by atoms with Gasteiger partial charge >= 0.3 is 5.97 Å². The van der Waals surface area contributed by atoms with Gasteiger partial charge in [-0.2, -0.15) is 0 Å². The SMILES string of the molecule is COC(=O)c1ccc(CCNC(=O)CNC(=O)c2ccc(C(C)(C)C)cc2)cc1. The zero-order valence-corrected chi connectivity index (χ0v) is 17.4. The van der Waals surface area contributed by atoms with Gasteiger partial charge in [0.25, 0.3) is 5.91 Å². The van der Waals surface area contributed by atoms with Crippen molar-refractivity contribution in [2.75, 3.05) is 20.2 Å². The van der Waals surface area contributed by atoms with E-state index in [1.807, 2.05) is 24.3 Å². The number of carbonyl (C=O) groups excluding carboxylic acids is 3. The van der Waals surface area contributed by atoms with Crippen molar-refractivity contribution < 1.29 is 19.1 Å². The fourth-order valence-corrected chi connectivity index (χ4v) is 2.72. The van der Waals surface area contributed by atoms with Crippen LogP contribution in [0.25, 0.3) is 0 Å². The molecule has 154 valence electrons. The Morgan fingerprint density at radius 3 is 2.00 bits per heavy atom. The van der Waals surface area contributed by atoms with Crippen LogP contribution in [0.4, 0.5) is 0 Å². The first-order valence-corrected chi connectivity index (χ1v) is 9.53. The molecule has 29 heavy (non-hydrogen) atoms.